The van der Waals surface area contributed by atoms with Crippen molar-refractivity contribution >= 4 is 0 Å². The van der Waals surface area contributed by atoms with Crippen LogP contribution in [0.2, 0.25) is 0 Å². The highest BCUT2D eigenvalue weighted by Crippen LogP contribution is 2.45. The Morgan fingerprint density at radius 1 is 1.50 bits per heavy atom. The normalized spacial score (nSPS) is 28.2. The lowest BCUT2D eigenvalue weighted by molar-refractivity contribution is 0.308. The Hall–Kier alpha value is -0.900. The number of hydrogen-bond acceptors (Lipinski definition) is 3. The van der Waals surface area contributed by atoms with Crippen LogP contribution in [-0.2, 0) is 13.0 Å². The fourth-order valence-electron chi connectivity index (χ4n) is 3.31. The van der Waals surface area contributed by atoms with E-state index in [1.54, 1.807) is 6.33 Å². The molecule has 1 aliphatic carbocycles. The van der Waals surface area contributed by atoms with Crippen molar-refractivity contribution in [1.82, 2.24) is 20.1 Å². The molecule has 4 heteroatoms. The minimum absolute atomic E-state index is 0.335. The Morgan fingerprint density at radius 3 is 2.94 bits per heavy atom. The van der Waals surface area contributed by atoms with Gasteiger partial charge in [-0.1, -0.05) is 13.8 Å². The molecule has 0 aromatic carbocycles. The molecule has 1 saturated heterocycles. The lowest BCUT2D eigenvalue weighted by atomic mass is 9.87. The Labute approximate surface area is 109 Å². The molecule has 0 radical (unpaired) electrons. The van der Waals surface area contributed by atoms with Crippen LogP contribution in [-0.4, -0.2) is 26.8 Å². The molecule has 18 heavy (non-hydrogen) atoms. The third kappa shape index (κ3) is 2.30. The molecule has 1 unspecified atom stereocenters. The molecule has 1 aliphatic heterocycles. The van der Waals surface area contributed by atoms with Crippen LogP contribution < -0.4 is 5.32 Å². The van der Waals surface area contributed by atoms with Gasteiger partial charge in [-0.3, -0.25) is 0 Å². The van der Waals surface area contributed by atoms with E-state index in [0.717, 1.165) is 18.9 Å². The number of hydrogen-bond donors (Lipinski definition) is 1. The molecule has 2 fully saturated rings. The van der Waals surface area contributed by atoms with Crippen LogP contribution in [0.25, 0.3) is 0 Å². The minimum Gasteiger partial charge on any atom is -0.311 e. The molecule has 0 spiro atoms. The maximum absolute atomic E-state index is 4.50. The van der Waals surface area contributed by atoms with Crippen LogP contribution in [0.3, 0.4) is 0 Å². The lowest BCUT2D eigenvalue weighted by Crippen LogP contribution is -2.45. The van der Waals surface area contributed by atoms with Crippen molar-refractivity contribution in [1.29, 1.82) is 0 Å². The smallest absolute Gasteiger partial charge is 0.138 e. The van der Waals surface area contributed by atoms with Gasteiger partial charge in [0.1, 0.15) is 12.2 Å². The first-order chi connectivity index (χ1) is 8.70. The fraction of sp³-hybridized carbons (Fsp3) is 0.857. The highest BCUT2D eigenvalue weighted by atomic mass is 15.3. The zero-order chi connectivity index (χ0) is 12.6. The van der Waals surface area contributed by atoms with Gasteiger partial charge in [-0.25, -0.2) is 9.67 Å². The van der Waals surface area contributed by atoms with Gasteiger partial charge in [0.25, 0.3) is 0 Å². The van der Waals surface area contributed by atoms with Crippen molar-refractivity contribution in [3.05, 3.63) is 12.2 Å². The molecule has 100 valence electrons. The van der Waals surface area contributed by atoms with Crippen molar-refractivity contribution in [2.75, 3.05) is 6.54 Å². The van der Waals surface area contributed by atoms with Crippen LogP contribution >= 0.6 is 0 Å². The topological polar surface area (TPSA) is 42.7 Å². The van der Waals surface area contributed by atoms with Crippen molar-refractivity contribution < 1.29 is 0 Å². The molecule has 3 rings (SSSR count). The van der Waals surface area contributed by atoms with E-state index in [9.17, 15) is 0 Å². The summed E-state index contributed by atoms with van der Waals surface area (Å²) in [6, 6.07) is 0. The maximum Gasteiger partial charge on any atom is 0.138 e. The third-order valence-corrected chi connectivity index (χ3v) is 4.34. The van der Waals surface area contributed by atoms with Crippen molar-refractivity contribution in [3.63, 3.8) is 0 Å². The minimum atomic E-state index is 0.335. The quantitative estimate of drug-likeness (QED) is 0.867. The third-order valence-electron chi connectivity index (χ3n) is 4.34. The summed E-state index contributed by atoms with van der Waals surface area (Å²) in [4.78, 5) is 4.50. The van der Waals surface area contributed by atoms with Gasteiger partial charge in [-0.05, 0) is 44.1 Å². The van der Waals surface area contributed by atoms with Gasteiger partial charge in [-0.15, -0.1) is 0 Å². The van der Waals surface area contributed by atoms with E-state index in [2.05, 4.69) is 33.9 Å². The molecule has 2 aliphatic rings. The van der Waals surface area contributed by atoms with Gasteiger partial charge >= 0.3 is 0 Å². The van der Waals surface area contributed by atoms with Crippen LogP contribution in [0.15, 0.2) is 6.33 Å². The van der Waals surface area contributed by atoms with E-state index in [4.69, 9.17) is 0 Å². The van der Waals surface area contributed by atoms with Crippen LogP contribution in [0, 0.1) is 11.8 Å². The van der Waals surface area contributed by atoms with Crippen LogP contribution in [0.4, 0.5) is 0 Å². The van der Waals surface area contributed by atoms with Gasteiger partial charge in [0, 0.05) is 18.5 Å². The maximum atomic E-state index is 4.50. The highest BCUT2D eigenvalue weighted by molar-refractivity contribution is 5.09. The average Bonchev–Trinajstić information content (AvgIpc) is 2.96. The molecule has 4 nitrogen and oxygen atoms in total. The second-order valence-electron chi connectivity index (χ2n) is 6.39. The molecule has 2 heterocycles. The number of nitrogens with one attached hydrogen (secondary N) is 1. The largest absolute Gasteiger partial charge is 0.311 e. The molecular formula is C14H24N4. The van der Waals surface area contributed by atoms with E-state index < -0.39 is 0 Å². The van der Waals surface area contributed by atoms with E-state index in [-0.39, 0.29) is 0 Å². The van der Waals surface area contributed by atoms with E-state index >= 15 is 0 Å². The first-order valence-electron chi connectivity index (χ1n) is 7.31. The van der Waals surface area contributed by atoms with Crippen LogP contribution in [0.1, 0.15) is 45.4 Å². The lowest BCUT2D eigenvalue weighted by Gasteiger charge is -2.29. The van der Waals surface area contributed by atoms with Crippen molar-refractivity contribution in [2.45, 2.75) is 58.0 Å². The zero-order valence-corrected chi connectivity index (χ0v) is 11.5. The molecular weight excluding hydrogens is 224 g/mol. The first kappa shape index (κ1) is 12.2. The molecule has 1 aromatic heterocycles. The molecule has 0 bridgehead atoms. The summed E-state index contributed by atoms with van der Waals surface area (Å²) in [6.07, 6.45) is 8.19. The highest BCUT2D eigenvalue weighted by Gasteiger charge is 2.47. The van der Waals surface area contributed by atoms with E-state index in [0.29, 0.717) is 11.5 Å². The Kier molecular flexibility index (Phi) is 3.14. The summed E-state index contributed by atoms with van der Waals surface area (Å²) >= 11 is 0. The summed E-state index contributed by atoms with van der Waals surface area (Å²) < 4.78 is 2.11. The summed E-state index contributed by atoms with van der Waals surface area (Å²) in [5, 5.41) is 8.16. The predicted octanol–water partition coefficient (Wildman–Crippen LogP) is 2.01. The monoisotopic (exact) mass is 248 g/mol. The predicted molar refractivity (Wildman–Crippen MR) is 71.3 cm³/mol. The summed E-state index contributed by atoms with van der Waals surface area (Å²) in [5.41, 5.74) is 0.335. The van der Waals surface area contributed by atoms with E-state index in [1.165, 1.54) is 38.1 Å². The van der Waals surface area contributed by atoms with Gasteiger partial charge in [0.15, 0.2) is 0 Å². The summed E-state index contributed by atoms with van der Waals surface area (Å²) in [5.74, 6) is 2.67. The summed E-state index contributed by atoms with van der Waals surface area (Å²) in [7, 11) is 0. The van der Waals surface area contributed by atoms with E-state index in [1.807, 2.05) is 0 Å². The van der Waals surface area contributed by atoms with Crippen LogP contribution in [0.5, 0.6) is 0 Å². The Balaban J connectivity index is 1.76. The number of aromatic nitrogens is 3. The SMILES string of the molecule is CC(C)Cn1ncnc1CC1(C2CC2)CCCN1. The molecule has 1 saturated carbocycles. The second kappa shape index (κ2) is 4.65. The molecule has 1 N–H and O–H groups in total. The van der Waals surface area contributed by atoms with Gasteiger partial charge in [0.2, 0.25) is 0 Å². The van der Waals surface area contributed by atoms with Crippen molar-refractivity contribution in [2.24, 2.45) is 11.8 Å². The Bertz CT molecular complexity index is 400. The van der Waals surface area contributed by atoms with Crippen molar-refractivity contribution in [3.8, 4) is 0 Å². The number of nitrogens with zero attached hydrogens (tertiary/aromatic N) is 3. The zero-order valence-electron chi connectivity index (χ0n) is 11.5. The van der Waals surface area contributed by atoms with Gasteiger partial charge in [0.05, 0.1) is 0 Å². The fourth-order valence-corrected chi connectivity index (χ4v) is 3.31. The molecule has 0 amide bonds. The average molecular weight is 248 g/mol. The number of rotatable bonds is 5. The second-order valence-corrected chi connectivity index (χ2v) is 6.39. The standard InChI is InChI=1S/C14H24N4/c1-11(2)9-18-13(15-10-17-18)8-14(12-4-5-12)6-3-7-16-14/h10-12,16H,3-9H2,1-2H3. The molecule has 1 atom stereocenters. The first-order valence-corrected chi connectivity index (χ1v) is 7.31. The summed E-state index contributed by atoms with van der Waals surface area (Å²) in [6.45, 7) is 6.62. The Morgan fingerprint density at radius 2 is 2.33 bits per heavy atom. The molecule has 1 aromatic rings. The van der Waals surface area contributed by atoms with Gasteiger partial charge in [-0.2, -0.15) is 5.10 Å². The van der Waals surface area contributed by atoms with Gasteiger partial charge < -0.3 is 5.32 Å².